The van der Waals surface area contributed by atoms with E-state index in [0.717, 1.165) is 0 Å². The molecule has 1 aliphatic heterocycles. The molecule has 0 radical (unpaired) electrons. The smallest absolute Gasteiger partial charge is 0.485 e. The van der Waals surface area contributed by atoms with Gasteiger partial charge in [-0.25, -0.2) is 8.42 Å². The van der Waals surface area contributed by atoms with Crippen LogP contribution in [-0.2, 0) is 21.9 Å². The number of halogens is 3. The van der Waals surface area contributed by atoms with Gasteiger partial charge in [-0.1, -0.05) is 0 Å². The molecule has 3 nitrogen and oxygen atoms in total. The van der Waals surface area contributed by atoms with Gasteiger partial charge in [0.25, 0.3) is 0 Å². The van der Waals surface area contributed by atoms with E-state index in [1.807, 2.05) is 0 Å². The zero-order valence-electron chi connectivity index (χ0n) is 6.54. The summed E-state index contributed by atoms with van der Waals surface area (Å²) in [7, 11) is -6.09. The van der Waals surface area contributed by atoms with Gasteiger partial charge in [0, 0.05) is 0 Å². The van der Waals surface area contributed by atoms with E-state index in [2.05, 4.69) is 0 Å². The van der Waals surface area contributed by atoms with Gasteiger partial charge in [0.2, 0.25) is 0 Å². The van der Waals surface area contributed by atoms with Crippen LogP contribution in [0.4, 0.5) is 13.2 Å². The van der Waals surface area contributed by atoms with Gasteiger partial charge in [-0.3, -0.25) is 0 Å². The van der Waals surface area contributed by atoms with Gasteiger partial charge < -0.3 is 4.55 Å². The molecule has 1 fully saturated rings. The van der Waals surface area contributed by atoms with E-state index in [9.17, 15) is 13.2 Å². The lowest BCUT2D eigenvalue weighted by molar-refractivity contribution is -0.0517. The molecule has 0 aromatic carbocycles. The first-order chi connectivity index (χ1) is 5.75. The molecular weight excluding hydrogens is 229 g/mol. The molecule has 0 bridgehead atoms. The Bertz CT molecular complexity index is 222. The van der Waals surface area contributed by atoms with Crippen LogP contribution in [0.5, 0.6) is 0 Å². The Balaban J connectivity index is 0.000000243. The fourth-order valence-electron chi connectivity index (χ4n) is 0.559. The average molecular weight is 238 g/mol. The Morgan fingerprint density at radius 3 is 1.54 bits per heavy atom. The molecule has 0 aliphatic carbocycles. The normalized spacial score (nSPS) is 17.8. The molecular formula is C5H9F3O3S2. The highest BCUT2D eigenvalue weighted by Crippen LogP contribution is 2.20. The van der Waals surface area contributed by atoms with Crippen LogP contribution >= 0.6 is 0 Å². The zero-order valence-corrected chi connectivity index (χ0v) is 8.25. The van der Waals surface area contributed by atoms with Crippen molar-refractivity contribution in [3.05, 3.63) is 0 Å². The van der Waals surface area contributed by atoms with E-state index in [4.69, 9.17) is 13.0 Å². The molecule has 0 aromatic heterocycles. The Morgan fingerprint density at radius 1 is 1.15 bits per heavy atom. The number of hydrogen-bond acceptors (Lipinski definition) is 3. The lowest BCUT2D eigenvalue weighted by Crippen LogP contribution is -2.21. The number of rotatable bonds is 0. The fourth-order valence-corrected chi connectivity index (χ4v) is 1.68. The lowest BCUT2D eigenvalue weighted by Gasteiger charge is -2.08. The molecule has 0 saturated carbocycles. The Kier molecular flexibility index (Phi) is 5.08. The molecule has 1 saturated heterocycles. The van der Waals surface area contributed by atoms with Gasteiger partial charge in [-0.05, 0) is 24.6 Å². The fraction of sp³-hybridized carbons (Fsp3) is 1.00. The van der Waals surface area contributed by atoms with Crippen LogP contribution in [0.2, 0.25) is 0 Å². The molecule has 0 unspecified atom stereocenters. The Labute approximate surface area is 78.4 Å². The predicted molar refractivity (Wildman–Crippen MR) is 43.5 cm³/mol. The first kappa shape index (κ1) is 13.1. The van der Waals surface area contributed by atoms with Crippen molar-refractivity contribution in [2.75, 3.05) is 11.5 Å². The van der Waals surface area contributed by atoms with Crippen LogP contribution in [0.1, 0.15) is 12.8 Å². The Hall–Kier alpha value is 0.0500. The van der Waals surface area contributed by atoms with Gasteiger partial charge >= 0.3 is 5.51 Å². The van der Waals surface area contributed by atoms with Crippen molar-refractivity contribution in [2.24, 2.45) is 0 Å². The van der Waals surface area contributed by atoms with Crippen LogP contribution in [0.3, 0.4) is 0 Å². The number of thiol groups is 1. The van der Waals surface area contributed by atoms with Gasteiger partial charge in [0.05, 0.1) is 0 Å². The largest absolute Gasteiger partial charge is 0.741 e. The second kappa shape index (κ2) is 5.06. The maximum Gasteiger partial charge on any atom is 0.485 e. The molecule has 8 heteroatoms. The van der Waals surface area contributed by atoms with Crippen molar-refractivity contribution >= 4 is 21.9 Å². The number of alkyl halides is 3. The van der Waals surface area contributed by atoms with E-state index < -0.39 is 15.6 Å². The SMILES string of the molecule is C1CC[SH+]C1.O=S(=O)([O-])C(F)(F)F. The molecule has 0 aromatic rings. The van der Waals surface area contributed by atoms with E-state index in [1.165, 1.54) is 24.3 Å². The third kappa shape index (κ3) is 6.17. The minimum absolute atomic E-state index is 1.47. The molecule has 0 atom stereocenters. The summed E-state index contributed by atoms with van der Waals surface area (Å²) in [6.45, 7) is 0. The van der Waals surface area contributed by atoms with Crippen molar-refractivity contribution in [3.63, 3.8) is 0 Å². The monoisotopic (exact) mass is 238 g/mol. The molecule has 1 rings (SSSR count). The highest BCUT2D eigenvalue weighted by molar-refractivity contribution is 7.86. The maximum absolute atomic E-state index is 10.7. The van der Waals surface area contributed by atoms with Gasteiger partial charge in [-0.15, -0.1) is 0 Å². The average Bonchev–Trinajstić information content (AvgIpc) is 2.35. The molecule has 0 N–H and O–H groups in total. The van der Waals surface area contributed by atoms with E-state index in [0.29, 0.717) is 0 Å². The lowest BCUT2D eigenvalue weighted by atomic mass is 10.4. The maximum atomic E-state index is 10.7. The Morgan fingerprint density at radius 2 is 1.46 bits per heavy atom. The van der Waals surface area contributed by atoms with Crippen LogP contribution < -0.4 is 0 Å². The third-order valence-electron chi connectivity index (χ3n) is 1.17. The quantitative estimate of drug-likeness (QED) is 0.269. The molecule has 0 amide bonds. The summed E-state index contributed by atoms with van der Waals surface area (Å²) in [5.41, 5.74) is -5.65. The summed E-state index contributed by atoms with van der Waals surface area (Å²) in [5, 5.41) is 0. The summed E-state index contributed by atoms with van der Waals surface area (Å²) in [6.07, 6.45) is 2.98. The molecule has 80 valence electrons. The van der Waals surface area contributed by atoms with Crippen molar-refractivity contribution in [1.82, 2.24) is 0 Å². The van der Waals surface area contributed by atoms with Crippen LogP contribution in [0, 0.1) is 0 Å². The second-order valence-electron chi connectivity index (χ2n) is 2.28. The first-order valence-corrected chi connectivity index (χ1v) is 6.08. The first-order valence-electron chi connectivity index (χ1n) is 3.40. The standard InChI is InChI=1S/C4H8S.CHF3O3S/c1-2-4-5-3-1;2-1(3,4)8(5,6)7/h1-4H2;(H,5,6,7). The molecule has 13 heavy (non-hydrogen) atoms. The van der Waals surface area contributed by atoms with Gasteiger partial charge in [0.1, 0.15) is 11.5 Å². The minimum Gasteiger partial charge on any atom is -0.741 e. The van der Waals surface area contributed by atoms with Gasteiger partial charge in [-0.2, -0.15) is 13.2 Å². The molecule has 0 spiro atoms. The van der Waals surface area contributed by atoms with E-state index >= 15 is 0 Å². The van der Waals surface area contributed by atoms with Crippen LogP contribution in [0.15, 0.2) is 0 Å². The summed E-state index contributed by atoms with van der Waals surface area (Å²) in [6, 6.07) is 0. The van der Waals surface area contributed by atoms with Crippen LogP contribution in [-0.4, -0.2) is 30.0 Å². The number of hydrogen-bond donors (Lipinski definition) is 0. The minimum atomic E-state index is -6.09. The van der Waals surface area contributed by atoms with E-state index in [-0.39, 0.29) is 0 Å². The summed E-state index contributed by atoms with van der Waals surface area (Å²) in [4.78, 5) is 0. The molecule has 1 aliphatic rings. The van der Waals surface area contributed by atoms with Crippen molar-refractivity contribution in [3.8, 4) is 0 Å². The molecule has 1 heterocycles. The van der Waals surface area contributed by atoms with Crippen LogP contribution in [0.25, 0.3) is 0 Å². The van der Waals surface area contributed by atoms with E-state index in [1.54, 1.807) is 11.8 Å². The highest BCUT2D eigenvalue weighted by atomic mass is 32.2. The summed E-state index contributed by atoms with van der Waals surface area (Å²) in [5.74, 6) is 2.94. The van der Waals surface area contributed by atoms with Crippen molar-refractivity contribution in [1.29, 1.82) is 0 Å². The van der Waals surface area contributed by atoms with Crippen molar-refractivity contribution in [2.45, 2.75) is 18.3 Å². The van der Waals surface area contributed by atoms with Crippen molar-refractivity contribution < 1.29 is 26.1 Å². The predicted octanol–water partition coefficient (Wildman–Crippen LogP) is 0.647. The highest BCUT2D eigenvalue weighted by Gasteiger charge is 2.36. The summed E-state index contributed by atoms with van der Waals surface area (Å²) < 4.78 is 58.9. The summed E-state index contributed by atoms with van der Waals surface area (Å²) >= 11 is 1.69. The second-order valence-corrected chi connectivity index (χ2v) is 4.99. The van der Waals surface area contributed by atoms with Gasteiger partial charge in [0.15, 0.2) is 10.1 Å². The topological polar surface area (TPSA) is 57.2 Å². The third-order valence-corrected chi connectivity index (χ3v) is 3.00. The zero-order chi connectivity index (χ0) is 10.5.